The molecule has 3 atom stereocenters. The Balaban J connectivity index is 1.67. The molecule has 1 amide bonds. The smallest absolute Gasteiger partial charge is 0.240 e. The van der Waals surface area contributed by atoms with E-state index < -0.39 is 0 Å². The highest BCUT2D eigenvalue weighted by atomic mass is 16.5. The molecule has 0 spiro atoms. The molecule has 0 radical (unpaired) electrons. The van der Waals surface area contributed by atoms with Crippen LogP contribution in [0.4, 0.5) is 0 Å². The largest absolute Gasteiger partial charge is 0.379 e. The molecule has 1 fully saturated rings. The zero-order chi connectivity index (χ0) is 14.8. The van der Waals surface area contributed by atoms with Crippen LogP contribution in [0.5, 0.6) is 0 Å². The molecule has 0 aliphatic carbocycles. The van der Waals surface area contributed by atoms with Crippen molar-refractivity contribution in [3.05, 3.63) is 35.4 Å². The summed E-state index contributed by atoms with van der Waals surface area (Å²) < 4.78 is 5.51. The summed E-state index contributed by atoms with van der Waals surface area (Å²) in [7, 11) is 1.74. The fourth-order valence-corrected chi connectivity index (χ4v) is 3.39. The maximum atomic E-state index is 12.7. The van der Waals surface area contributed by atoms with Crippen LogP contribution in [0, 0.1) is 5.92 Å². The Labute approximate surface area is 126 Å². The summed E-state index contributed by atoms with van der Waals surface area (Å²) in [6.07, 6.45) is 1.98. The average Bonchev–Trinajstić information content (AvgIpc) is 2.54. The van der Waals surface area contributed by atoms with Gasteiger partial charge in [-0.1, -0.05) is 31.2 Å². The number of hydrogen-bond donors (Lipinski definition) is 1. The van der Waals surface area contributed by atoms with Crippen LogP contribution < -0.4 is 5.32 Å². The first-order valence-electron chi connectivity index (χ1n) is 7.80. The fourth-order valence-electron chi connectivity index (χ4n) is 3.39. The van der Waals surface area contributed by atoms with Gasteiger partial charge < -0.3 is 15.0 Å². The number of fused-ring (bicyclic) bond motifs is 1. The van der Waals surface area contributed by atoms with E-state index in [1.807, 2.05) is 4.90 Å². The van der Waals surface area contributed by atoms with Crippen LogP contribution >= 0.6 is 0 Å². The Morgan fingerprint density at radius 3 is 2.86 bits per heavy atom. The van der Waals surface area contributed by atoms with Gasteiger partial charge in [-0.25, -0.2) is 0 Å². The number of methoxy groups -OCH3 is 1. The number of carbonyl (C=O) groups excluding carboxylic acids is 1. The molecule has 114 valence electrons. The molecule has 4 heteroatoms. The van der Waals surface area contributed by atoms with E-state index in [1.165, 1.54) is 11.1 Å². The standard InChI is InChI=1S/C17H24N2O2/c1-12-7-8-19(11-16(12)21-2)17(20)15-9-13-5-3-4-6-14(13)10-18-15/h3-6,12,15-16,18H,7-11H2,1-2H3. The first-order valence-corrected chi connectivity index (χ1v) is 7.80. The van der Waals surface area contributed by atoms with E-state index in [0.717, 1.165) is 32.5 Å². The van der Waals surface area contributed by atoms with Gasteiger partial charge in [0, 0.05) is 26.7 Å². The molecule has 21 heavy (non-hydrogen) atoms. The molecule has 0 saturated carbocycles. The van der Waals surface area contributed by atoms with Crippen LogP contribution in [-0.4, -0.2) is 43.2 Å². The summed E-state index contributed by atoms with van der Waals surface area (Å²) in [5.41, 5.74) is 2.60. The minimum Gasteiger partial charge on any atom is -0.379 e. The van der Waals surface area contributed by atoms with E-state index in [4.69, 9.17) is 4.74 Å². The maximum Gasteiger partial charge on any atom is 0.240 e. The number of nitrogens with zero attached hydrogens (tertiary/aromatic N) is 1. The number of likely N-dealkylation sites (tertiary alicyclic amines) is 1. The molecule has 1 N–H and O–H groups in total. The number of ether oxygens (including phenoxy) is 1. The van der Waals surface area contributed by atoms with Crippen LogP contribution in [0.1, 0.15) is 24.5 Å². The summed E-state index contributed by atoms with van der Waals surface area (Å²) in [6, 6.07) is 8.28. The lowest BCUT2D eigenvalue weighted by molar-refractivity contribution is -0.138. The van der Waals surface area contributed by atoms with E-state index >= 15 is 0 Å². The molecule has 2 heterocycles. The number of piperidine rings is 1. The van der Waals surface area contributed by atoms with Crippen molar-refractivity contribution in [2.24, 2.45) is 5.92 Å². The van der Waals surface area contributed by atoms with E-state index in [9.17, 15) is 4.79 Å². The molecule has 3 rings (SSSR count). The minimum absolute atomic E-state index is 0.0918. The van der Waals surface area contributed by atoms with Crippen molar-refractivity contribution in [1.29, 1.82) is 0 Å². The van der Waals surface area contributed by atoms with Gasteiger partial charge in [0.1, 0.15) is 0 Å². The molecule has 3 unspecified atom stereocenters. The lowest BCUT2D eigenvalue weighted by atomic mass is 9.92. The number of nitrogens with one attached hydrogen (secondary N) is 1. The zero-order valence-corrected chi connectivity index (χ0v) is 12.8. The van der Waals surface area contributed by atoms with E-state index in [2.05, 4.69) is 36.5 Å². The number of carbonyl (C=O) groups is 1. The Hall–Kier alpha value is -1.39. The third-order valence-corrected chi connectivity index (χ3v) is 4.88. The summed E-state index contributed by atoms with van der Waals surface area (Å²) in [4.78, 5) is 14.7. The van der Waals surface area contributed by atoms with Crippen molar-refractivity contribution in [2.45, 2.75) is 38.5 Å². The minimum atomic E-state index is -0.0918. The fraction of sp³-hybridized carbons (Fsp3) is 0.588. The van der Waals surface area contributed by atoms with Gasteiger partial charge in [0.15, 0.2) is 0 Å². The van der Waals surface area contributed by atoms with E-state index in [1.54, 1.807) is 7.11 Å². The second-order valence-electron chi connectivity index (χ2n) is 6.23. The lowest BCUT2D eigenvalue weighted by Crippen LogP contribution is -2.54. The van der Waals surface area contributed by atoms with Crippen molar-refractivity contribution < 1.29 is 9.53 Å². The summed E-state index contributed by atoms with van der Waals surface area (Å²) in [6.45, 7) is 4.55. The van der Waals surface area contributed by atoms with Gasteiger partial charge in [-0.3, -0.25) is 4.79 Å². The van der Waals surface area contributed by atoms with Crippen LogP contribution in [0.3, 0.4) is 0 Å². The predicted molar refractivity (Wildman–Crippen MR) is 81.9 cm³/mol. The van der Waals surface area contributed by atoms with Crippen LogP contribution in [0.2, 0.25) is 0 Å². The molecular weight excluding hydrogens is 264 g/mol. The maximum absolute atomic E-state index is 12.7. The molecule has 1 saturated heterocycles. The number of rotatable bonds is 2. The normalized spacial score (nSPS) is 29.0. The third kappa shape index (κ3) is 2.97. The third-order valence-electron chi connectivity index (χ3n) is 4.88. The van der Waals surface area contributed by atoms with Gasteiger partial charge in [0.05, 0.1) is 12.1 Å². The van der Waals surface area contributed by atoms with Gasteiger partial charge in [-0.2, -0.15) is 0 Å². The second kappa shape index (κ2) is 6.16. The van der Waals surface area contributed by atoms with E-state index in [-0.39, 0.29) is 18.1 Å². The molecule has 1 aromatic carbocycles. The SMILES string of the molecule is COC1CN(C(=O)C2Cc3ccccc3CN2)CCC1C. The summed E-state index contributed by atoms with van der Waals surface area (Å²) in [5, 5.41) is 3.38. The number of benzene rings is 1. The predicted octanol–water partition coefficient (Wildman–Crippen LogP) is 1.58. The van der Waals surface area contributed by atoms with Crippen molar-refractivity contribution in [3.8, 4) is 0 Å². The van der Waals surface area contributed by atoms with Crippen molar-refractivity contribution in [3.63, 3.8) is 0 Å². The van der Waals surface area contributed by atoms with Gasteiger partial charge in [0.25, 0.3) is 0 Å². The Bertz CT molecular complexity index is 517. The highest BCUT2D eigenvalue weighted by molar-refractivity contribution is 5.82. The van der Waals surface area contributed by atoms with Crippen LogP contribution in [0.25, 0.3) is 0 Å². The first-order chi connectivity index (χ1) is 10.2. The monoisotopic (exact) mass is 288 g/mol. The van der Waals surface area contributed by atoms with Crippen molar-refractivity contribution >= 4 is 5.91 Å². The van der Waals surface area contributed by atoms with Crippen molar-refractivity contribution in [1.82, 2.24) is 10.2 Å². The summed E-state index contributed by atoms with van der Waals surface area (Å²) >= 11 is 0. The van der Waals surface area contributed by atoms with Gasteiger partial charge in [0.2, 0.25) is 5.91 Å². The summed E-state index contributed by atoms with van der Waals surface area (Å²) in [5.74, 6) is 0.748. The van der Waals surface area contributed by atoms with Crippen LogP contribution in [0.15, 0.2) is 24.3 Å². The van der Waals surface area contributed by atoms with Gasteiger partial charge in [-0.15, -0.1) is 0 Å². The Morgan fingerprint density at radius 2 is 2.10 bits per heavy atom. The molecule has 0 aromatic heterocycles. The molecule has 2 aliphatic rings. The highest BCUT2D eigenvalue weighted by Gasteiger charge is 2.33. The van der Waals surface area contributed by atoms with Crippen LogP contribution in [-0.2, 0) is 22.5 Å². The lowest BCUT2D eigenvalue weighted by Gasteiger charge is -2.38. The molecular formula is C17H24N2O2. The zero-order valence-electron chi connectivity index (χ0n) is 12.8. The highest BCUT2D eigenvalue weighted by Crippen LogP contribution is 2.22. The quantitative estimate of drug-likeness (QED) is 0.898. The molecule has 0 bridgehead atoms. The van der Waals surface area contributed by atoms with Gasteiger partial charge >= 0.3 is 0 Å². The van der Waals surface area contributed by atoms with Crippen molar-refractivity contribution in [2.75, 3.05) is 20.2 Å². The van der Waals surface area contributed by atoms with E-state index in [0.29, 0.717) is 5.92 Å². The topological polar surface area (TPSA) is 41.6 Å². The first kappa shape index (κ1) is 14.5. The average molecular weight is 288 g/mol. The molecule has 1 aromatic rings. The second-order valence-corrected chi connectivity index (χ2v) is 6.23. The molecule has 2 aliphatic heterocycles. The Morgan fingerprint density at radius 1 is 1.33 bits per heavy atom. The Kier molecular flexibility index (Phi) is 4.27. The number of amides is 1. The number of hydrogen-bond acceptors (Lipinski definition) is 3. The van der Waals surface area contributed by atoms with Gasteiger partial charge in [-0.05, 0) is 29.9 Å². The molecule has 4 nitrogen and oxygen atoms in total.